The molecule has 112 valence electrons. The van der Waals surface area contributed by atoms with Gasteiger partial charge in [0.2, 0.25) is 0 Å². The molecule has 0 atom stereocenters. The van der Waals surface area contributed by atoms with E-state index in [4.69, 9.17) is 9.47 Å². The lowest BCUT2D eigenvalue weighted by Gasteiger charge is -2.19. The molecule has 1 amide bonds. The number of nitrogens with one attached hydrogen (secondary N) is 1. The fourth-order valence-corrected chi connectivity index (χ4v) is 2.79. The highest BCUT2D eigenvalue weighted by molar-refractivity contribution is 7.20. The van der Waals surface area contributed by atoms with Gasteiger partial charge in [0, 0.05) is 10.1 Å². The van der Waals surface area contributed by atoms with Crippen molar-refractivity contribution in [3.63, 3.8) is 0 Å². The number of thiophene rings is 1. The van der Waals surface area contributed by atoms with Crippen LogP contribution < -0.4 is 5.32 Å². The molecule has 0 aliphatic carbocycles. The lowest BCUT2D eigenvalue weighted by atomic mass is 10.2. The predicted octanol–water partition coefficient (Wildman–Crippen LogP) is 4.03. The Labute approximate surface area is 126 Å². The second-order valence-corrected chi connectivity index (χ2v) is 6.53. The smallest absolute Gasteiger partial charge is 0.412 e. The molecule has 2 aromatic rings. The first-order chi connectivity index (χ1) is 9.80. The minimum Gasteiger partial charge on any atom is -0.465 e. The van der Waals surface area contributed by atoms with Gasteiger partial charge in [-0.3, -0.25) is 5.32 Å². The van der Waals surface area contributed by atoms with Gasteiger partial charge in [-0.05, 0) is 39.0 Å². The van der Waals surface area contributed by atoms with E-state index in [1.54, 1.807) is 32.9 Å². The van der Waals surface area contributed by atoms with Crippen LogP contribution in [-0.2, 0) is 9.47 Å². The van der Waals surface area contributed by atoms with Gasteiger partial charge < -0.3 is 9.47 Å². The number of rotatable bonds is 2. The maximum absolute atomic E-state index is 11.8. The number of hydrogen-bond donors (Lipinski definition) is 1. The predicted molar refractivity (Wildman–Crippen MR) is 83.0 cm³/mol. The van der Waals surface area contributed by atoms with E-state index < -0.39 is 11.7 Å². The Kier molecular flexibility index (Phi) is 4.18. The minimum absolute atomic E-state index is 0.389. The van der Waals surface area contributed by atoms with E-state index in [1.807, 2.05) is 12.1 Å². The second-order valence-electron chi connectivity index (χ2n) is 5.45. The maximum atomic E-state index is 11.8. The third-order valence-corrected chi connectivity index (χ3v) is 3.66. The first-order valence-electron chi connectivity index (χ1n) is 6.41. The van der Waals surface area contributed by atoms with Gasteiger partial charge in [-0.15, -0.1) is 11.3 Å². The summed E-state index contributed by atoms with van der Waals surface area (Å²) in [6, 6.07) is 7.16. The van der Waals surface area contributed by atoms with Crippen molar-refractivity contribution in [2.24, 2.45) is 0 Å². The van der Waals surface area contributed by atoms with E-state index in [9.17, 15) is 9.59 Å². The Morgan fingerprint density at radius 3 is 2.57 bits per heavy atom. The van der Waals surface area contributed by atoms with Gasteiger partial charge in [-0.2, -0.15) is 0 Å². The molecule has 1 N–H and O–H groups in total. The molecule has 1 heterocycles. The Morgan fingerprint density at radius 2 is 1.95 bits per heavy atom. The molecule has 0 saturated heterocycles. The highest BCUT2D eigenvalue weighted by Crippen LogP contribution is 2.32. The lowest BCUT2D eigenvalue weighted by molar-refractivity contribution is 0.0603. The molecular weight excluding hydrogens is 290 g/mol. The SMILES string of the molecule is COC(=O)c1cc2c(NC(=O)OC(C)(C)C)cccc2s1. The van der Waals surface area contributed by atoms with E-state index >= 15 is 0 Å². The molecule has 0 bridgehead atoms. The molecular formula is C15H17NO4S. The maximum Gasteiger partial charge on any atom is 0.412 e. The molecule has 0 spiro atoms. The minimum atomic E-state index is -0.566. The largest absolute Gasteiger partial charge is 0.465 e. The normalized spacial score (nSPS) is 11.2. The number of esters is 1. The van der Waals surface area contributed by atoms with Gasteiger partial charge >= 0.3 is 12.1 Å². The zero-order valence-electron chi connectivity index (χ0n) is 12.4. The van der Waals surface area contributed by atoms with Crippen LogP contribution in [0.15, 0.2) is 24.3 Å². The number of fused-ring (bicyclic) bond motifs is 1. The van der Waals surface area contributed by atoms with E-state index in [1.165, 1.54) is 18.4 Å². The first-order valence-corrected chi connectivity index (χ1v) is 7.22. The molecule has 0 aliphatic rings. The zero-order chi connectivity index (χ0) is 15.6. The number of methoxy groups -OCH3 is 1. The van der Waals surface area contributed by atoms with Crippen LogP contribution in [0.3, 0.4) is 0 Å². The summed E-state index contributed by atoms with van der Waals surface area (Å²) in [5.74, 6) is -0.389. The van der Waals surface area contributed by atoms with E-state index in [-0.39, 0.29) is 5.97 Å². The number of ether oxygens (including phenoxy) is 2. The highest BCUT2D eigenvalue weighted by Gasteiger charge is 2.18. The van der Waals surface area contributed by atoms with Crippen LogP contribution in [0.1, 0.15) is 30.4 Å². The molecule has 1 aromatic heterocycles. The fourth-order valence-electron chi connectivity index (χ4n) is 1.78. The number of amides is 1. The summed E-state index contributed by atoms with van der Waals surface area (Å²) in [6.45, 7) is 5.40. The molecule has 5 nitrogen and oxygen atoms in total. The van der Waals surface area contributed by atoms with Gasteiger partial charge in [0.25, 0.3) is 0 Å². The number of carbonyl (C=O) groups excluding carboxylic acids is 2. The molecule has 0 fully saturated rings. The van der Waals surface area contributed by atoms with Crippen LogP contribution in [0.25, 0.3) is 10.1 Å². The van der Waals surface area contributed by atoms with Crippen molar-refractivity contribution in [3.8, 4) is 0 Å². The van der Waals surface area contributed by atoms with Crippen LogP contribution in [0, 0.1) is 0 Å². The third-order valence-electron chi connectivity index (χ3n) is 2.58. The summed E-state index contributed by atoms with van der Waals surface area (Å²) in [6.07, 6.45) is -0.527. The van der Waals surface area contributed by atoms with Gasteiger partial charge in [-0.1, -0.05) is 6.07 Å². The number of carbonyl (C=O) groups is 2. The summed E-state index contributed by atoms with van der Waals surface area (Å²) in [4.78, 5) is 23.9. The van der Waals surface area contributed by atoms with Crippen molar-refractivity contribution in [2.45, 2.75) is 26.4 Å². The summed E-state index contributed by atoms with van der Waals surface area (Å²) < 4.78 is 10.8. The van der Waals surface area contributed by atoms with Gasteiger partial charge in [-0.25, -0.2) is 9.59 Å². The van der Waals surface area contributed by atoms with Crippen LogP contribution in [0.5, 0.6) is 0 Å². The monoisotopic (exact) mass is 307 g/mol. The molecule has 21 heavy (non-hydrogen) atoms. The molecule has 0 aliphatic heterocycles. The molecule has 2 rings (SSSR count). The Hall–Kier alpha value is -2.08. The molecule has 0 radical (unpaired) electrons. The number of hydrogen-bond acceptors (Lipinski definition) is 5. The van der Waals surface area contributed by atoms with Crippen LogP contribution >= 0.6 is 11.3 Å². The summed E-state index contributed by atoms with van der Waals surface area (Å²) >= 11 is 1.32. The fraction of sp³-hybridized carbons (Fsp3) is 0.333. The van der Waals surface area contributed by atoms with E-state index in [2.05, 4.69) is 5.32 Å². The molecule has 0 unspecified atom stereocenters. The molecule has 0 saturated carbocycles. The Morgan fingerprint density at radius 1 is 1.24 bits per heavy atom. The Bertz CT molecular complexity index is 685. The van der Waals surface area contributed by atoms with Crippen molar-refractivity contribution in [3.05, 3.63) is 29.1 Å². The molecule has 6 heteroatoms. The Balaban J connectivity index is 2.30. The quantitative estimate of drug-likeness (QED) is 0.851. The second kappa shape index (κ2) is 5.73. The summed E-state index contributed by atoms with van der Waals surface area (Å²) in [5, 5.41) is 3.49. The standard InChI is InChI=1S/C15H17NO4S/c1-15(2,3)20-14(18)16-10-6-5-7-11-9(10)8-12(21-11)13(17)19-4/h5-8H,1-4H3,(H,16,18). The topological polar surface area (TPSA) is 64.6 Å². The van der Waals surface area contributed by atoms with E-state index in [0.717, 1.165) is 10.1 Å². The van der Waals surface area contributed by atoms with Crippen LogP contribution in [0.4, 0.5) is 10.5 Å². The van der Waals surface area contributed by atoms with E-state index in [0.29, 0.717) is 10.6 Å². The van der Waals surface area contributed by atoms with Crippen molar-refractivity contribution >= 4 is 39.2 Å². The lowest BCUT2D eigenvalue weighted by Crippen LogP contribution is -2.27. The van der Waals surface area contributed by atoms with Crippen molar-refractivity contribution in [1.29, 1.82) is 0 Å². The number of benzene rings is 1. The average molecular weight is 307 g/mol. The van der Waals surface area contributed by atoms with Crippen molar-refractivity contribution in [1.82, 2.24) is 0 Å². The zero-order valence-corrected chi connectivity index (χ0v) is 13.2. The van der Waals surface area contributed by atoms with Crippen LogP contribution in [-0.4, -0.2) is 24.8 Å². The van der Waals surface area contributed by atoms with Crippen LogP contribution in [0.2, 0.25) is 0 Å². The highest BCUT2D eigenvalue weighted by atomic mass is 32.1. The van der Waals surface area contributed by atoms with Gasteiger partial charge in [0.05, 0.1) is 12.8 Å². The number of anilines is 1. The van der Waals surface area contributed by atoms with Crippen molar-refractivity contribution in [2.75, 3.05) is 12.4 Å². The van der Waals surface area contributed by atoms with Crippen molar-refractivity contribution < 1.29 is 19.1 Å². The summed E-state index contributed by atoms with van der Waals surface area (Å²) in [7, 11) is 1.34. The first kappa shape index (κ1) is 15.3. The average Bonchev–Trinajstić information content (AvgIpc) is 2.80. The summed E-state index contributed by atoms with van der Waals surface area (Å²) in [5.41, 5.74) is 0.0391. The molecule has 1 aromatic carbocycles. The van der Waals surface area contributed by atoms with Gasteiger partial charge in [0.1, 0.15) is 10.5 Å². The van der Waals surface area contributed by atoms with Gasteiger partial charge in [0.15, 0.2) is 0 Å². The third kappa shape index (κ3) is 3.72.